The van der Waals surface area contributed by atoms with E-state index in [0.29, 0.717) is 19.8 Å². The summed E-state index contributed by atoms with van der Waals surface area (Å²) in [6, 6.07) is -0.883. The van der Waals surface area contributed by atoms with Crippen LogP contribution in [0.15, 0.2) is 0 Å². The van der Waals surface area contributed by atoms with E-state index in [-0.39, 0.29) is 19.1 Å². The van der Waals surface area contributed by atoms with E-state index >= 15 is 0 Å². The first-order chi connectivity index (χ1) is 8.16. The van der Waals surface area contributed by atoms with Crippen molar-refractivity contribution in [2.24, 2.45) is 0 Å². The van der Waals surface area contributed by atoms with Crippen LogP contribution < -0.4 is 0 Å². The number of carbonyl (C=O) groups is 2. The third-order valence-corrected chi connectivity index (χ3v) is 2.60. The van der Waals surface area contributed by atoms with Crippen LogP contribution in [0.2, 0.25) is 0 Å². The fourth-order valence-electron chi connectivity index (χ4n) is 1.60. The van der Waals surface area contributed by atoms with Gasteiger partial charge in [-0.3, -0.25) is 4.79 Å². The van der Waals surface area contributed by atoms with Crippen molar-refractivity contribution in [1.29, 1.82) is 0 Å². The second-order valence-electron chi connectivity index (χ2n) is 3.92. The van der Waals surface area contributed by atoms with Gasteiger partial charge in [-0.15, -0.1) is 0 Å². The number of hydrogen-bond donors (Lipinski definition) is 1. The summed E-state index contributed by atoms with van der Waals surface area (Å²) in [4.78, 5) is 24.0. The van der Waals surface area contributed by atoms with Gasteiger partial charge in [-0.05, 0) is 6.42 Å². The number of unbranched alkanes of at least 4 members (excludes halogenated alkanes) is 1. The number of nitrogens with zero attached hydrogens (tertiary/aromatic N) is 1. The van der Waals surface area contributed by atoms with E-state index in [1.165, 1.54) is 4.90 Å². The average Bonchev–Trinajstić information content (AvgIpc) is 2.34. The summed E-state index contributed by atoms with van der Waals surface area (Å²) in [7, 11) is 0. The van der Waals surface area contributed by atoms with E-state index in [1.807, 2.05) is 6.92 Å². The molecule has 0 spiro atoms. The monoisotopic (exact) mass is 245 g/mol. The molecule has 1 aliphatic rings. The number of aliphatic carboxylic acids is 1. The van der Waals surface area contributed by atoms with Crippen molar-refractivity contribution < 1.29 is 24.2 Å². The van der Waals surface area contributed by atoms with Crippen LogP contribution in [-0.4, -0.2) is 60.9 Å². The SMILES string of the molecule is CCCCOCC(=O)N1CCOCC1C(=O)O. The molecule has 1 amide bonds. The molecular formula is C11H19NO5. The Balaban J connectivity index is 2.39. The number of morpholine rings is 1. The van der Waals surface area contributed by atoms with Crippen LogP contribution in [0.4, 0.5) is 0 Å². The minimum atomic E-state index is -1.04. The van der Waals surface area contributed by atoms with Gasteiger partial charge in [0, 0.05) is 13.2 Å². The molecule has 6 nitrogen and oxygen atoms in total. The predicted molar refractivity (Wildman–Crippen MR) is 59.7 cm³/mol. The summed E-state index contributed by atoms with van der Waals surface area (Å²) in [6.07, 6.45) is 1.91. The lowest BCUT2D eigenvalue weighted by Gasteiger charge is -2.32. The van der Waals surface area contributed by atoms with Crippen molar-refractivity contribution in [2.45, 2.75) is 25.8 Å². The Bertz CT molecular complexity index is 269. The summed E-state index contributed by atoms with van der Waals surface area (Å²) in [5, 5.41) is 8.95. The van der Waals surface area contributed by atoms with E-state index in [4.69, 9.17) is 14.6 Å². The molecular weight excluding hydrogens is 226 g/mol. The fourth-order valence-corrected chi connectivity index (χ4v) is 1.60. The zero-order valence-electron chi connectivity index (χ0n) is 10.1. The van der Waals surface area contributed by atoms with E-state index in [0.717, 1.165) is 12.8 Å². The van der Waals surface area contributed by atoms with Gasteiger partial charge < -0.3 is 19.5 Å². The number of hydrogen-bond acceptors (Lipinski definition) is 4. The summed E-state index contributed by atoms with van der Waals surface area (Å²) in [5.41, 5.74) is 0. The molecule has 0 saturated carbocycles. The summed E-state index contributed by atoms with van der Waals surface area (Å²) in [6.45, 7) is 3.26. The Morgan fingerprint density at radius 2 is 2.29 bits per heavy atom. The second kappa shape index (κ2) is 7.24. The number of amides is 1. The van der Waals surface area contributed by atoms with Crippen molar-refractivity contribution in [2.75, 3.05) is 33.0 Å². The standard InChI is InChI=1S/C11H19NO5/c1-2-3-5-16-8-10(13)12-4-6-17-7-9(12)11(14)15/h9H,2-8H2,1H3,(H,14,15). The van der Waals surface area contributed by atoms with E-state index in [2.05, 4.69) is 0 Å². The van der Waals surface area contributed by atoms with Crippen LogP contribution >= 0.6 is 0 Å². The average molecular weight is 245 g/mol. The minimum Gasteiger partial charge on any atom is -0.480 e. The van der Waals surface area contributed by atoms with Crippen LogP contribution in [-0.2, 0) is 19.1 Å². The van der Waals surface area contributed by atoms with E-state index in [9.17, 15) is 9.59 Å². The molecule has 98 valence electrons. The van der Waals surface area contributed by atoms with Crippen molar-refractivity contribution in [3.05, 3.63) is 0 Å². The molecule has 1 N–H and O–H groups in total. The lowest BCUT2D eigenvalue weighted by molar-refractivity contribution is -0.160. The minimum absolute atomic E-state index is 0.0516. The number of carboxylic acids is 1. The molecule has 0 bridgehead atoms. The maximum absolute atomic E-state index is 11.8. The van der Waals surface area contributed by atoms with Gasteiger partial charge in [0.25, 0.3) is 0 Å². The quantitative estimate of drug-likeness (QED) is 0.672. The number of ether oxygens (including phenoxy) is 2. The summed E-state index contributed by atoms with van der Waals surface area (Å²) >= 11 is 0. The molecule has 1 rings (SSSR count). The number of carboxylic acid groups (broad SMARTS) is 1. The lowest BCUT2D eigenvalue weighted by atomic mass is 10.2. The smallest absolute Gasteiger partial charge is 0.328 e. The van der Waals surface area contributed by atoms with Crippen LogP contribution in [0, 0.1) is 0 Å². The first kappa shape index (κ1) is 13.9. The Kier molecular flexibility index (Phi) is 5.93. The van der Waals surface area contributed by atoms with Gasteiger partial charge >= 0.3 is 5.97 Å². The highest BCUT2D eigenvalue weighted by molar-refractivity contribution is 5.84. The van der Waals surface area contributed by atoms with Gasteiger partial charge in [-0.25, -0.2) is 4.79 Å². The zero-order chi connectivity index (χ0) is 12.7. The molecule has 1 heterocycles. The Morgan fingerprint density at radius 3 is 2.94 bits per heavy atom. The molecule has 0 aromatic carbocycles. The molecule has 0 aromatic heterocycles. The fraction of sp³-hybridized carbons (Fsp3) is 0.818. The van der Waals surface area contributed by atoms with Crippen molar-refractivity contribution in [3.8, 4) is 0 Å². The summed E-state index contributed by atoms with van der Waals surface area (Å²) in [5.74, 6) is -1.32. The molecule has 1 saturated heterocycles. The van der Waals surface area contributed by atoms with E-state index in [1.54, 1.807) is 0 Å². The Hall–Kier alpha value is -1.14. The highest BCUT2D eigenvalue weighted by Gasteiger charge is 2.32. The Morgan fingerprint density at radius 1 is 1.53 bits per heavy atom. The number of carbonyl (C=O) groups excluding carboxylic acids is 1. The predicted octanol–water partition coefficient (Wildman–Crippen LogP) is 0.115. The molecule has 1 unspecified atom stereocenters. The van der Waals surface area contributed by atoms with Gasteiger partial charge in [-0.2, -0.15) is 0 Å². The maximum Gasteiger partial charge on any atom is 0.328 e. The molecule has 6 heteroatoms. The van der Waals surface area contributed by atoms with Gasteiger partial charge in [0.15, 0.2) is 6.04 Å². The highest BCUT2D eigenvalue weighted by Crippen LogP contribution is 2.08. The maximum atomic E-state index is 11.8. The topological polar surface area (TPSA) is 76.1 Å². The first-order valence-corrected chi connectivity index (χ1v) is 5.84. The summed E-state index contributed by atoms with van der Waals surface area (Å²) < 4.78 is 10.2. The largest absolute Gasteiger partial charge is 0.480 e. The van der Waals surface area contributed by atoms with Crippen LogP contribution in [0.25, 0.3) is 0 Å². The number of rotatable bonds is 6. The molecule has 1 atom stereocenters. The van der Waals surface area contributed by atoms with Crippen LogP contribution in [0.1, 0.15) is 19.8 Å². The molecule has 0 radical (unpaired) electrons. The van der Waals surface area contributed by atoms with Gasteiger partial charge in [0.2, 0.25) is 5.91 Å². The van der Waals surface area contributed by atoms with Gasteiger partial charge in [0.1, 0.15) is 6.61 Å². The Labute approximate surface area is 100 Å². The third kappa shape index (κ3) is 4.32. The molecule has 1 aliphatic heterocycles. The zero-order valence-corrected chi connectivity index (χ0v) is 10.1. The van der Waals surface area contributed by atoms with Crippen LogP contribution in [0.3, 0.4) is 0 Å². The first-order valence-electron chi connectivity index (χ1n) is 5.84. The molecule has 17 heavy (non-hydrogen) atoms. The van der Waals surface area contributed by atoms with Gasteiger partial charge in [-0.1, -0.05) is 13.3 Å². The van der Waals surface area contributed by atoms with Crippen LogP contribution in [0.5, 0.6) is 0 Å². The molecule has 0 aliphatic carbocycles. The molecule has 0 aromatic rings. The molecule has 1 fully saturated rings. The van der Waals surface area contributed by atoms with Crippen molar-refractivity contribution >= 4 is 11.9 Å². The normalized spacial score (nSPS) is 20.3. The van der Waals surface area contributed by atoms with Gasteiger partial charge in [0.05, 0.1) is 13.2 Å². The second-order valence-corrected chi connectivity index (χ2v) is 3.92. The van der Waals surface area contributed by atoms with Crippen molar-refractivity contribution in [1.82, 2.24) is 4.90 Å². The van der Waals surface area contributed by atoms with E-state index < -0.39 is 12.0 Å². The highest BCUT2D eigenvalue weighted by atomic mass is 16.5. The lowest BCUT2D eigenvalue weighted by Crippen LogP contribution is -2.53. The van der Waals surface area contributed by atoms with Crippen molar-refractivity contribution in [3.63, 3.8) is 0 Å². The third-order valence-electron chi connectivity index (χ3n) is 2.60.